The van der Waals surface area contributed by atoms with Crippen LogP contribution >= 0.6 is 0 Å². The molecule has 0 saturated carbocycles. The minimum Gasteiger partial charge on any atom is -0.340 e. The van der Waals surface area contributed by atoms with Crippen LogP contribution in [-0.4, -0.2) is 9.97 Å². The second-order valence-corrected chi connectivity index (χ2v) is 4.99. The summed E-state index contributed by atoms with van der Waals surface area (Å²) in [5.41, 5.74) is -4.28. The van der Waals surface area contributed by atoms with Crippen molar-refractivity contribution < 1.29 is 19.2 Å². The molecule has 0 amide bonds. The van der Waals surface area contributed by atoms with E-state index in [-0.39, 0.29) is 11.8 Å². The van der Waals surface area contributed by atoms with Crippen LogP contribution < -0.4 is 10.6 Å². The van der Waals surface area contributed by atoms with E-state index < -0.39 is 95.7 Å². The second-order valence-electron chi connectivity index (χ2n) is 4.99. The van der Waals surface area contributed by atoms with Crippen LogP contribution in [0.25, 0.3) is 6.05 Å². The Hall–Kier alpha value is -4.16. The van der Waals surface area contributed by atoms with Crippen LogP contribution in [0.15, 0.2) is 54.6 Å². The summed E-state index contributed by atoms with van der Waals surface area (Å²) >= 11 is 0. The van der Waals surface area contributed by atoms with Crippen LogP contribution in [0.5, 0.6) is 0 Å². The number of nitrogens with one attached hydrogen (secondary N) is 2. The molecule has 0 bridgehead atoms. The molecule has 136 valence electrons. The predicted octanol–water partition coefficient (Wildman–Crippen LogP) is 4.99. The quantitative estimate of drug-likeness (QED) is 0.605. The van der Waals surface area contributed by atoms with Crippen molar-refractivity contribution in [3.05, 3.63) is 76.8 Å². The van der Waals surface area contributed by atoms with Gasteiger partial charge in [-0.05, 0) is 78.8 Å². The molecule has 0 radical (unpaired) electrons. The van der Waals surface area contributed by atoms with E-state index in [2.05, 4.69) is 20.6 Å². The van der Waals surface area contributed by atoms with E-state index in [9.17, 15) is 0 Å². The van der Waals surface area contributed by atoms with Crippen LogP contribution in [0.3, 0.4) is 0 Å². The van der Waals surface area contributed by atoms with E-state index in [0.29, 0.717) is 0 Å². The Morgan fingerprint density at radius 3 is 2.54 bits per heavy atom. The fraction of sp³-hybridized carbons (Fsp3) is 0.0909. The molecule has 0 aliphatic heterocycles. The van der Waals surface area contributed by atoms with E-state index in [1.54, 1.807) is 6.07 Å². The number of nitriles is 2. The van der Waals surface area contributed by atoms with Gasteiger partial charge >= 0.3 is 0 Å². The van der Waals surface area contributed by atoms with Gasteiger partial charge in [0, 0.05) is 31.8 Å². The van der Waals surface area contributed by atoms with Crippen LogP contribution in [0.2, 0.25) is 0 Å². The molecule has 1 heterocycles. The lowest BCUT2D eigenvalue weighted by Crippen LogP contribution is -2.02. The topological polar surface area (TPSA) is 97.4 Å². The van der Waals surface area contributed by atoms with E-state index in [4.69, 9.17) is 29.7 Å². The van der Waals surface area contributed by atoms with Gasteiger partial charge in [0.2, 0.25) is 5.95 Å². The Kier molecular flexibility index (Phi) is 2.37. The zero-order valence-electron chi connectivity index (χ0n) is 27.9. The van der Waals surface area contributed by atoms with Crippen LogP contribution in [0.1, 0.15) is 41.4 Å². The molecule has 2 aromatic carbocycles. The molecule has 0 fully saturated rings. The van der Waals surface area contributed by atoms with E-state index in [1.165, 1.54) is 12.1 Å². The number of benzene rings is 2. The van der Waals surface area contributed by atoms with E-state index >= 15 is 0 Å². The molecule has 0 saturated heterocycles. The van der Waals surface area contributed by atoms with E-state index in [1.807, 2.05) is 0 Å². The van der Waals surface area contributed by atoms with Gasteiger partial charge in [-0.15, -0.1) is 0 Å². The number of allylic oxidation sites excluding steroid dienone is 1. The zero-order valence-corrected chi connectivity index (χ0v) is 13.9. The van der Waals surface area contributed by atoms with Crippen molar-refractivity contribution >= 4 is 29.2 Å². The van der Waals surface area contributed by atoms with Gasteiger partial charge in [-0.1, -0.05) is 0 Å². The SMILES string of the molecule is [2H]C(C#N)=C([2H])c1c([2H])c(C([2H])([2H])[2H])c(Nc2ccnc(Nc3c([2H])c([2H])c(C#N)c([2H])c3[2H])n2)c(C([2H])([2H])[2H])c1[2H]. The number of nitrogens with zero attached hydrogens (tertiary/aromatic N) is 4. The number of hydrogen-bond acceptors (Lipinski definition) is 6. The maximum Gasteiger partial charge on any atom is 0.229 e. The molecule has 0 unspecified atom stereocenters. The molecule has 28 heavy (non-hydrogen) atoms. The van der Waals surface area contributed by atoms with Crippen molar-refractivity contribution in [3.8, 4) is 12.1 Å². The zero-order chi connectivity index (χ0) is 31.9. The largest absolute Gasteiger partial charge is 0.340 e. The summed E-state index contributed by atoms with van der Waals surface area (Å²) in [7, 11) is 0. The van der Waals surface area contributed by atoms with Gasteiger partial charge in [0.15, 0.2) is 0 Å². The molecular formula is C22H18N6. The molecular weight excluding hydrogens is 348 g/mol. The Labute approximate surface area is 183 Å². The first kappa shape index (κ1) is 7.84. The number of anilines is 4. The Morgan fingerprint density at radius 1 is 1.14 bits per heavy atom. The van der Waals surface area contributed by atoms with Gasteiger partial charge in [-0.2, -0.15) is 15.5 Å². The lowest BCUT2D eigenvalue weighted by atomic mass is 10.0. The molecule has 2 N–H and O–H groups in total. The highest BCUT2D eigenvalue weighted by atomic mass is 15.1. The van der Waals surface area contributed by atoms with Crippen molar-refractivity contribution in [1.82, 2.24) is 9.97 Å². The highest BCUT2D eigenvalue weighted by molar-refractivity contribution is 5.69. The summed E-state index contributed by atoms with van der Waals surface area (Å²) in [5.74, 6) is -0.631. The van der Waals surface area contributed by atoms with Crippen LogP contribution in [0.4, 0.5) is 23.1 Å². The Morgan fingerprint density at radius 2 is 1.89 bits per heavy atom. The number of rotatable bonds is 5. The van der Waals surface area contributed by atoms with Crippen LogP contribution in [0, 0.1) is 36.4 Å². The van der Waals surface area contributed by atoms with Gasteiger partial charge in [0.25, 0.3) is 0 Å². The Bertz CT molecular complexity index is 1640. The lowest BCUT2D eigenvalue weighted by Gasteiger charge is -2.14. The highest BCUT2D eigenvalue weighted by Gasteiger charge is 2.07. The van der Waals surface area contributed by atoms with Crippen molar-refractivity contribution in [2.24, 2.45) is 0 Å². The third-order valence-electron chi connectivity index (χ3n) is 3.13. The predicted molar refractivity (Wildman–Crippen MR) is 110 cm³/mol. The van der Waals surface area contributed by atoms with Gasteiger partial charge in [0.05, 0.1) is 28.7 Å². The summed E-state index contributed by atoms with van der Waals surface area (Å²) in [5, 5.41) is 23.1. The van der Waals surface area contributed by atoms with Gasteiger partial charge in [-0.25, -0.2) is 4.98 Å². The van der Waals surface area contributed by atoms with Crippen LogP contribution in [-0.2, 0) is 0 Å². The minimum atomic E-state index is -3.19. The minimum absolute atomic E-state index is 0.279. The third-order valence-corrected chi connectivity index (χ3v) is 3.13. The molecule has 3 rings (SSSR count). The molecule has 6 nitrogen and oxygen atoms in total. The standard InChI is InChI=1S/C22H18N6/c1-15-12-18(4-3-10-23)13-16(2)21(15)27-20-9-11-25-22(28-20)26-19-7-5-17(14-24)6-8-19/h3-9,11-13H,1-2H3,(H2,25,26,27,28)/i1D3,2D3,3D,4D,5D,6D,7D,8D,12D,13D. The summed E-state index contributed by atoms with van der Waals surface area (Å²) < 4.78 is 113. The molecule has 0 aliphatic carbocycles. The first-order valence-corrected chi connectivity index (χ1v) is 7.50. The van der Waals surface area contributed by atoms with Gasteiger partial charge in [-0.3, -0.25) is 0 Å². The third kappa shape index (κ3) is 4.51. The normalized spacial score (nSPS) is 19.1. The maximum atomic E-state index is 9.14. The number of hydrogen-bond donors (Lipinski definition) is 2. The second kappa shape index (κ2) is 8.48. The van der Waals surface area contributed by atoms with Crippen molar-refractivity contribution in [2.45, 2.75) is 13.7 Å². The first-order chi connectivity index (χ1) is 19.4. The molecule has 0 spiro atoms. The molecule has 0 atom stereocenters. The monoisotopic (exact) mass is 380 g/mol. The summed E-state index contributed by atoms with van der Waals surface area (Å²) in [6.45, 7) is -6.38. The van der Waals surface area contributed by atoms with Crippen molar-refractivity contribution in [2.75, 3.05) is 10.6 Å². The first-order valence-electron chi connectivity index (χ1n) is 14.5. The molecule has 3 aromatic rings. The molecule has 1 aromatic heterocycles. The summed E-state index contributed by atoms with van der Waals surface area (Å²) in [6, 6.07) is -2.35. The van der Waals surface area contributed by atoms with Gasteiger partial charge in [0.1, 0.15) is 5.82 Å². The fourth-order valence-corrected chi connectivity index (χ4v) is 1.97. The van der Waals surface area contributed by atoms with E-state index in [0.717, 1.165) is 6.20 Å². The van der Waals surface area contributed by atoms with Crippen molar-refractivity contribution in [1.29, 1.82) is 10.5 Å². The summed E-state index contributed by atoms with van der Waals surface area (Å²) in [4.78, 5) is 7.96. The molecule has 0 aliphatic rings. The average Bonchev–Trinajstić information content (AvgIpc) is 2.88. The maximum absolute atomic E-state index is 9.14. The fourth-order valence-electron chi connectivity index (χ4n) is 1.97. The van der Waals surface area contributed by atoms with Gasteiger partial charge < -0.3 is 10.6 Å². The smallest absolute Gasteiger partial charge is 0.229 e. The average molecular weight is 381 g/mol. The van der Waals surface area contributed by atoms with Crippen molar-refractivity contribution in [3.63, 3.8) is 0 Å². The highest BCUT2D eigenvalue weighted by Crippen LogP contribution is 2.26. The molecule has 6 heteroatoms. The Balaban J connectivity index is 2.27. The summed E-state index contributed by atoms with van der Waals surface area (Å²) in [6.07, 6.45) is 1.11. The number of aromatic nitrogens is 2. The lowest BCUT2D eigenvalue weighted by molar-refractivity contribution is 1.16.